The van der Waals surface area contributed by atoms with Crippen molar-refractivity contribution in [3.05, 3.63) is 77.2 Å². The molecule has 0 N–H and O–H groups in total. The first-order valence-corrected chi connectivity index (χ1v) is 13.3. The summed E-state index contributed by atoms with van der Waals surface area (Å²) in [4.78, 5) is 14.2. The number of nitrogens with zero attached hydrogens (tertiary/aromatic N) is 6. The molecular weight excluding hydrogens is 516 g/mol. The average Bonchev–Trinajstić information content (AvgIpc) is 3.52. The molecule has 0 saturated carbocycles. The maximum atomic E-state index is 12.5. The van der Waals surface area contributed by atoms with Crippen LogP contribution < -0.4 is 4.74 Å². The number of fused-ring (bicyclic) bond motifs is 3. The summed E-state index contributed by atoms with van der Waals surface area (Å²) in [6.07, 6.45) is 6.88. The molecule has 0 saturated heterocycles. The summed E-state index contributed by atoms with van der Waals surface area (Å²) < 4.78 is 15.2. The largest absolute Gasteiger partial charge is 0.493 e. The van der Waals surface area contributed by atoms with E-state index in [0.29, 0.717) is 37.1 Å². The maximum Gasteiger partial charge on any atom is 0.410 e. The zero-order valence-corrected chi connectivity index (χ0v) is 22.9. The van der Waals surface area contributed by atoms with Gasteiger partial charge >= 0.3 is 6.09 Å². The van der Waals surface area contributed by atoms with E-state index >= 15 is 0 Å². The fourth-order valence-corrected chi connectivity index (χ4v) is 5.09. The van der Waals surface area contributed by atoms with Crippen molar-refractivity contribution < 1.29 is 14.3 Å². The van der Waals surface area contributed by atoms with Gasteiger partial charge in [-0.1, -0.05) is 35.9 Å². The Balaban J connectivity index is 1.31. The molecule has 200 valence electrons. The number of hydrogen-bond acceptors (Lipinski definition) is 6. The van der Waals surface area contributed by atoms with Gasteiger partial charge in [-0.25, -0.2) is 9.48 Å². The third-order valence-corrected chi connectivity index (χ3v) is 7.05. The molecule has 0 bridgehead atoms. The smallest absolute Gasteiger partial charge is 0.410 e. The van der Waals surface area contributed by atoms with Crippen LogP contribution in [0.15, 0.2) is 61.1 Å². The van der Waals surface area contributed by atoms with Gasteiger partial charge in [0.2, 0.25) is 0 Å². The SMILES string of the molecule is CC(C)(C)OC(=O)N1CC=C(c2ccc3c(c2)-c2nn(-c4nncn4-c4ccccc4Cl)cc2CCO3)CC1. The minimum absolute atomic E-state index is 0.284. The lowest BCUT2D eigenvalue weighted by Gasteiger charge is -2.29. The third kappa shape index (κ3) is 5.02. The fraction of sp³-hybridized carbons (Fsp3) is 0.310. The van der Waals surface area contributed by atoms with Crippen LogP contribution in [0.25, 0.3) is 28.5 Å². The van der Waals surface area contributed by atoms with Crippen molar-refractivity contribution in [2.45, 2.75) is 39.2 Å². The van der Waals surface area contributed by atoms with Gasteiger partial charge in [-0.2, -0.15) is 5.10 Å². The summed E-state index contributed by atoms with van der Waals surface area (Å²) in [7, 11) is 0. The second-order valence-corrected chi connectivity index (χ2v) is 11.0. The van der Waals surface area contributed by atoms with Gasteiger partial charge in [0, 0.05) is 36.8 Å². The van der Waals surface area contributed by atoms with Crippen molar-refractivity contribution in [3.8, 4) is 28.6 Å². The van der Waals surface area contributed by atoms with Crippen LogP contribution in [0.4, 0.5) is 4.79 Å². The first-order chi connectivity index (χ1) is 18.8. The summed E-state index contributed by atoms with van der Waals surface area (Å²) in [5, 5.41) is 14.0. The van der Waals surface area contributed by atoms with Crippen molar-refractivity contribution in [2.24, 2.45) is 0 Å². The molecule has 39 heavy (non-hydrogen) atoms. The fourth-order valence-electron chi connectivity index (χ4n) is 4.86. The van der Waals surface area contributed by atoms with Gasteiger partial charge in [-0.15, -0.1) is 10.2 Å². The molecule has 10 heteroatoms. The van der Waals surface area contributed by atoms with E-state index in [1.54, 1.807) is 15.9 Å². The molecule has 6 rings (SSSR count). The Hall–Kier alpha value is -4.11. The number of carbonyl (C=O) groups excluding carboxylic acids is 1. The highest BCUT2D eigenvalue weighted by Gasteiger charge is 2.26. The van der Waals surface area contributed by atoms with E-state index in [1.807, 2.05) is 61.9 Å². The lowest BCUT2D eigenvalue weighted by Crippen LogP contribution is -2.39. The van der Waals surface area contributed by atoms with Crippen LogP contribution in [0.1, 0.15) is 38.3 Å². The maximum absolute atomic E-state index is 12.5. The normalized spacial score (nSPS) is 15.1. The van der Waals surface area contributed by atoms with E-state index in [0.717, 1.165) is 40.2 Å². The first-order valence-electron chi connectivity index (χ1n) is 13.0. The van der Waals surface area contributed by atoms with E-state index in [1.165, 1.54) is 5.57 Å². The summed E-state index contributed by atoms with van der Waals surface area (Å²) in [6.45, 7) is 7.30. The lowest BCUT2D eigenvalue weighted by atomic mass is 9.96. The standard InChI is InChI=1S/C29H29ClN6O3/c1-29(2,3)39-28(37)34-13-10-19(11-14-34)20-8-9-25-22(16-20)26-21(12-15-38-25)17-36(33-26)27-32-31-18-35(27)24-7-5-4-6-23(24)30/h4-10,16-18H,11-15H2,1-3H3. The molecule has 0 unspecified atom stereocenters. The third-order valence-electron chi connectivity index (χ3n) is 6.73. The van der Waals surface area contributed by atoms with Crippen LogP contribution in [0, 0.1) is 0 Å². The highest BCUT2D eigenvalue weighted by Crippen LogP contribution is 2.38. The van der Waals surface area contributed by atoms with Gasteiger partial charge in [0.1, 0.15) is 17.7 Å². The average molecular weight is 545 g/mol. The molecule has 9 nitrogen and oxygen atoms in total. The minimum atomic E-state index is -0.514. The molecule has 0 fully saturated rings. The molecule has 0 spiro atoms. The van der Waals surface area contributed by atoms with Crippen molar-refractivity contribution in [3.63, 3.8) is 0 Å². The van der Waals surface area contributed by atoms with E-state index in [4.69, 9.17) is 26.2 Å². The van der Waals surface area contributed by atoms with Crippen molar-refractivity contribution in [1.29, 1.82) is 0 Å². The Morgan fingerprint density at radius 1 is 1.13 bits per heavy atom. The van der Waals surface area contributed by atoms with E-state index in [9.17, 15) is 4.79 Å². The Morgan fingerprint density at radius 3 is 2.74 bits per heavy atom. The van der Waals surface area contributed by atoms with Gasteiger partial charge in [0.25, 0.3) is 5.95 Å². The zero-order chi connectivity index (χ0) is 27.1. The highest BCUT2D eigenvalue weighted by molar-refractivity contribution is 6.32. The summed E-state index contributed by atoms with van der Waals surface area (Å²) in [6, 6.07) is 13.8. The number of carbonyl (C=O) groups is 1. The number of hydrogen-bond donors (Lipinski definition) is 0. The lowest BCUT2D eigenvalue weighted by molar-refractivity contribution is 0.0270. The molecule has 2 aromatic carbocycles. The van der Waals surface area contributed by atoms with Crippen molar-refractivity contribution >= 4 is 23.3 Å². The molecule has 0 atom stereocenters. The Kier molecular flexibility index (Phi) is 6.38. The topological polar surface area (TPSA) is 87.3 Å². The van der Waals surface area contributed by atoms with Crippen LogP contribution in [0.5, 0.6) is 5.75 Å². The van der Waals surface area contributed by atoms with Gasteiger partial charge in [0.15, 0.2) is 0 Å². The van der Waals surface area contributed by atoms with Crippen molar-refractivity contribution in [2.75, 3.05) is 19.7 Å². The number of amides is 1. The molecule has 0 aliphatic carbocycles. The summed E-state index contributed by atoms with van der Waals surface area (Å²) in [5.74, 6) is 1.34. The quantitative estimate of drug-likeness (QED) is 0.327. The Morgan fingerprint density at radius 2 is 1.97 bits per heavy atom. The number of aromatic nitrogens is 5. The van der Waals surface area contributed by atoms with E-state index in [-0.39, 0.29) is 6.09 Å². The molecule has 2 aliphatic rings. The molecular formula is C29H29ClN6O3. The Labute approximate surface area is 231 Å². The van der Waals surface area contributed by atoms with Crippen LogP contribution in [-0.2, 0) is 11.2 Å². The number of rotatable bonds is 3. The first kappa shape index (κ1) is 25.2. The van der Waals surface area contributed by atoms with Crippen LogP contribution in [0.3, 0.4) is 0 Å². The minimum Gasteiger partial charge on any atom is -0.493 e. The van der Waals surface area contributed by atoms with Gasteiger partial charge < -0.3 is 14.4 Å². The van der Waals surface area contributed by atoms with Gasteiger partial charge in [0.05, 0.1) is 23.0 Å². The van der Waals surface area contributed by atoms with Gasteiger partial charge in [-0.05, 0) is 62.6 Å². The molecule has 4 heterocycles. The number of halogens is 1. The number of ether oxygens (including phenoxy) is 2. The summed E-state index contributed by atoms with van der Waals surface area (Å²) >= 11 is 6.45. The van der Waals surface area contributed by atoms with E-state index < -0.39 is 5.60 Å². The number of para-hydroxylation sites is 1. The molecule has 2 aliphatic heterocycles. The van der Waals surface area contributed by atoms with Crippen LogP contribution in [-0.4, -0.2) is 60.8 Å². The second-order valence-electron chi connectivity index (χ2n) is 10.6. The van der Waals surface area contributed by atoms with Crippen LogP contribution >= 0.6 is 11.6 Å². The molecule has 4 aromatic rings. The molecule has 1 amide bonds. The summed E-state index contributed by atoms with van der Waals surface area (Å²) in [5.41, 5.74) is 5.38. The second kappa shape index (κ2) is 9.89. The predicted octanol–water partition coefficient (Wildman–Crippen LogP) is 5.73. The Bertz CT molecular complexity index is 1580. The predicted molar refractivity (Wildman–Crippen MR) is 149 cm³/mol. The van der Waals surface area contributed by atoms with Crippen LogP contribution in [0.2, 0.25) is 5.02 Å². The zero-order valence-electron chi connectivity index (χ0n) is 22.1. The molecule has 2 aromatic heterocycles. The monoisotopic (exact) mass is 544 g/mol. The number of benzene rings is 2. The highest BCUT2D eigenvalue weighted by atomic mass is 35.5. The van der Waals surface area contributed by atoms with Gasteiger partial charge in [-0.3, -0.25) is 4.57 Å². The van der Waals surface area contributed by atoms with Crippen molar-refractivity contribution in [1.82, 2.24) is 29.4 Å². The van der Waals surface area contributed by atoms with E-state index in [2.05, 4.69) is 28.4 Å². The molecule has 0 radical (unpaired) electrons.